The van der Waals surface area contributed by atoms with Crippen LogP contribution in [0, 0.1) is 5.92 Å². The van der Waals surface area contributed by atoms with Gasteiger partial charge in [0.05, 0.1) is 0 Å². The van der Waals surface area contributed by atoms with Gasteiger partial charge in [0.15, 0.2) is 0 Å². The van der Waals surface area contributed by atoms with E-state index >= 15 is 0 Å². The number of hydrogen-bond donors (Lipinski definition) is 1. The molecular formula is C16H25N3O. The van der Waals surface area contributed by atoms with Gasteiger partial charge in [0.1, 0.15) is 5.69 Å². The van der Waals surface area contributed by atoms with E-state index in [0.29, 0.717) is 5.69 Å². The monoisotopic (exact) mass is 275 g/mol. The molecule has 20 heavy (non-hydrogen) atoms. The van der Waals surface area contributed by atoms with Gasteiger partial charge in [-0.3, -0.25) is 9.78 Å². The molecule has 1 N–H and O–H groups in total. The molecule has 0 radical (unpaired) electrons. The van der Waals surface area contributed by atoms with Crippen molar-refractivity contribution in [2.45, 2.75) is 39.5 Å². The van der Waals surface area contributed by atoms with Crippen LogP contribution in [0.3, 0.4) is 0 Å². The number of aromatic nitrogens is 1. The maximum atomic E-state index is 12.2. The molecule has 4 heteroatoms. The molecule has 1 aliphatic rings. The maximum absolute atomic E-state index is 12.2. The van der Waals surface area contributed by atoms with Crippen LogP contribution in [0.4, 0.5) is 5.69 Å². The SMILES string of the molecule is CCN(CC)C(=O)c1cc(NCCC2CCC2)ccn1. The highest BCUT2D eigenvalue weighted by Gasteiger charge is 2.17. The zero-order chi connectivity index (χ0) is 14.4. The largest absolute Gasteiger partial charge is 0.385 e. The molecule has 0 aliphatic heterocycles. The molecule has 1 aliphatic carbocycles. The van der Waals surface area contributed by atoms with Crippen molar-refractivity contribution in [3.05, 3.63) is 24.0 Å². The number of anilines is 1. The number of carbonyl (C=O) groups excluding carboxylic acids is 1. The number of nitrogens with zero attached hydrogens (tertiary/aromatic N) is 2. The summed E-state index contributed by atoms with van der Waals surface area (Å²) in [5, 5.41) is 3.40. The molecule has 4 nitrogen and oxygen atoms in total. The second-order valence-corrected chi connectivity index (χ2v) is 5.42. The highest BCUT2D eigenvalue weighted by molar-refractivity contribution is 5.93. The molecule has 1 heterocycles. The predicted octanol–water partition coefficient (Wildman–Crippen LogP) is 3.17. The lowest BCUT2D eigenvalue weighted by Gasteiger charge is -2.25. The van der Waals surface area contributed by atoms with Gasteiger partial charge in [-0.05, 0) is 38.3 Å². The van der Waals surface area contributed by atoms with Gasteiger partial charge >= 0.3 is 0 Å². The van der Waals surface area contributed by atoms with Crippen molar-refractivity contribution in [1.29, 1.82) is 0 Å². The molecular weight excluding hydrogens is 250 g/mol. The Balaban J connectivity index is 1.90. The first-order chi connectivity index (χ1) is 9.74. The standard InChI is InChI=1S/C16H25N3O/c1-3-19(4-2)16(20)15-12-14(9-11-18-15)17-10-8-13-6-5-7-13/h9,11-13H,3-8,10H2,1-2H3,(H,17,18). The zero-order valence-electron chi connectivity index (χ0n) is 12.6. The van der Waals surface area contributed by atoms with Gasteiger partial charge in [0, 0.05) is 31.5 Å². The van der Waals surface area contributed by atoms with Gasteiger partial charge in [-0.1, -0.05) is 19.3 Å². The van der Waals surface area contributed by atoms with E-state index in [4.69, 9.17) is 0 Å². The van der Waals surface area contributed by atoms with E-state index < -0.39 is 0 Å². The third-order valence-electron chi connectivity index (χ3n) is 4.14. The third kappa shape index (κ3) is 3.71. The van der Waals surface area contributed by atoms with Crippen LogP contribution >= 0.6 is 0 Å². The van der Waals surface area contributed by atoms with Crippen molar-refractivity contribution < 1.29 is 4.79 Å². The molecule has 0 bridgehead atoms. The lowest BCUT2D eigenvalue weighted by molar-refractivity contribution is 0.0767. The number of nitrogens with one attached hydrogen (secondary N) is 1. The van der Waals surface area contributed by atoms with Crippen molar-refractivity contribution in [2.75, 3.05) is 25.0 Å². The Bertz CT molecular complexity index is 439. The summed E-state index contributed by atoms with van der Waals surface area (Å²) in [7, 11) is 0. The smallest absolute Gasteiger partial charge is 0.272 e. The molecule has 1 aromatic heterocycles. The van der Waals surface area contributed by atoms with Crippen LogP contribution in [-0.2, 0) is 0 Å². The van der Waals surface area contributed by atoms with Crippen LogP contribution in [-0.4, -0.2) is 35.4 Å². The number of amides is 1. The number of rotatable bonds is 7. The highest BCUT2D eigenvalue weighted by atomic mass is 16.2. The number of carbonyl (C=O) groups is 1. The Morgan fingerprint density at radius 2 is 2.15 bits per heavy atom. The Hall–Kier alpha value is -1.58. The second kappa shape index (κ2) is 7.27. The molecule has 0 unspecified atom stereocenters. The molecule has 1 fully saturated rings. The molecule has 2 rings (SSSR count). The molecule has 0 atom stereocenters. The average molecular weight is 275 g/mol. The minimum atomic E-state index is 0.0117. The predicted molar refractivity (Wildman–Crippen MR) is 81.9 cm³/mol. The van der Waals surface area contributed by atoms with Gasteiger partial charge in [-0.25, -0.2) is 0 Å². The summed E-state index contributed by atoms with van der Waals surface area (Å²) in [6.07, 6.45) is 7.08. The van der Waals surface area contributed by atoms with Crippen LogP contribution in [0.5, 0.6) is 0 Å². The van der Waals surface area contributed by atoms with Crippen molar-refractivity contribution >= 4 is 11.6 Å². The molecule has 110 valence electrons. The normalized spacial score (nSPS) is 14.7. The van der Waals surface area contributed by atoms with Gasteiger partial charge in [0.2, 0.25) is 0 Å². The minimum Gasteiger partial charge on any atom is -0.385 e. The van der Waals surface area contributed by atoms with Crippen LogP contribution in [0.2, 0.25) is 0 Å². The van der Waals surface area contributed by atoms with Gasteiger partial charge < -0.3 is 10.2 Å². The van der Waals surface area contributed by atoms with Crippen molar-refractivity contribution in [3.8, 4) is 0 Å². The molecule has 1 amide bonds. The fourth-order valence-electron chi connectivity index (χ4n) is 2.53. The Labute approximate surface area is 121 Å². The summed E-state index contributed by atoms with van der Waals surface area (Å²) < 4.78 is 0. The molecule has 0 saturated heterocycles. The maximum Gasteiger partial charge on any atom is 0.272 e. The Morgan fingerprint density at radius 3 is 2.75 bits per heavy atom. The van der Waals surface area contributed by atoms with Crippen molar-refractivity contribution in [2.24, 2.45) is 5.92 Å². The molecule has 1 saturated carbocycles. The fraction of sp³-hybridized carbons (Fsp3) is 0.625. The van der Waals surface area contributed by atoms with E-state index in [2.05, 4.69) is 10.3 Å². The Kier molecular flexibility index (Phi) is 5.39. The number of pyridine rings is 1. The molecule has 1 aromatic rings. The van der Waals surface area contributed by atoms with E-state index in [9.17, 15) is 4.79 Å². The van der Waals surface area contributed by atoms with Crippen LogP contribution in [0.15, 0.2) is 18.3 Å². The van der Waals surface area contributed by atoms with Gasteiger partial charge in [-0.15, -0.1) is 0 Å². The van der Waals surface area contributed by atoms with E-state index in [1.165, 1.54) is 25.7 Å². The van der Waals surface area contributed by atoms with E-state index in [-0.39, 0.29) is 5.91 Å². The first-order valence-electron chi connectivity index (χ1n) is 7.73. The third-order valence-corrected chi connectivity index (χ3v) is 4.14. The van der Waals surface area contributed by atoms with Crippen LogP contribution in [0.1, 0.15) is 50.0 Å². The van der Waals surface area contributed by atoms with Crippen LogP contribution < -0.4 is 5.32 Å². The second-order valence-electron chi connectivity index (χ2n) is 5.42. The van der Waals surface area contributed by atoms with Crippen molar-refractivity contribution in [3.63, 3.8) is 0 Å². The first kappa shape index (κ1) is 14.8. The summed E-state index contributed by atoms with van der Waals surface area (Å²) in [5.41, 5.74) is 1.53. The zero-order valence-corrected chi connectivity index (χ0v) is 12.6. The first-order valence-corrected chi connectivity index (χ1v) is 7.73. The summed E-state index contributed by atoms with van der Waals surface area (Å²) >= 11 is 0. The summed E-state index contributed by atoms with van der Waals surface area (Å²) in [6, 6.07) is 3.79. The lowest BCUT2D eigenvalue weighted by atomic mass is 9.83. The van der Waals surface area contributed by atoms with Crippen molar-refractivity contribution in [1.82, 2.24) is 9.88 Å². The summed E-state index contributed by atoms with van der Waals surface area (Å²) in [6.45, 7) is 6.39. The van der Waals surface area contributed by atoms with Gasteiger partial charge in [-0.2, -0.15) is 0 Å². The molecule has 0 spiro atoms. The van der Waals surface area contributed by atoms with E-state index in [1.54, 1.807) is 11.1 Å². The van der Waals surface area contributed by atoms with E-state index in [0.717, 1.165) is 31.2 Å². The molecule has 0 aromatic carbocycles. The number of hydrogen-bond acceptors (Lipinski definition) is 3. The Morgan fingerprint density at radius 1 is 1.40 bits per heavy atom. The van der Waals surface area contributed by atoms with Gasteiger partial charge in [0.25, 0.3) is 5.91 Å². The lowest BCUT2D eigenvalue weighted by Crippen LogP contribution is -2.31. The highest BCUT2D eigenvalue weighted by Crippen LogP contribution is 2.29. The minimum absolute atomic E-state index is 0.0117. The quantitative estimate of drug-likeness (QED) is 0.831. The average Bonchev–Trinajstić information content (AvgIpc) is 2.43. The fourth-order valence-corrected chi connectivity index (χ4v) is 2.53. The summed E-state index contributed by atoms with van der Waals surface area (Å²) in [5.74, 6) is 0.916. The topological polar surface area (TPSA) is 45.2 Å². The van der Waals surface area contributed by atoms with E-state index in [1.807, 2.05) is 26.0 Å². The summed E-state index contributed by atoms with van der Waals surface area (Å²) in [4.78, 5) is 18.2. The van der Waals surface area contributed by atoms with Crippen LogP contribution in [0.25, 0.3) is 0 Å².